The van der Waals surface area contributed by atoms with Crippen molar-refractivity contribution in [2.45, 2.75) is 11.4 Å². The lowest BCUT2D eigenvalue weighted by molar-refractivity contribution is -0.138. The van der Waals surface area contributed by atoms with Gasteiger partial charge in [0.15, 0.2) is 0 Å². The van der Waals surface area contributed by atoms with Crippen molar-refractivity contribution in [1.82, 2.24) is 4.72 Å². The molecule has 2 N–H and O–H groups in total. The number of esters is 2. The van der Waals surface area contributed by atoms with Crippen LogP contribution in [0.2, 0.25) is 0 Å². The molecule has 0 aliphatic rings. The summed E-state index contributed by atoms with van der Waals surface area (Å²) in [6.07, 6.45) is 0.942. The van der Waals surface area contributed by atoms with Crippen LogP contribution in [0.5, 0.6) is 0 Å². The van der Waals surface area contributed by atoms with Gasteiger partial charge in [-0.2, -0.15) is 0 Å². The van der Waals surface area contributed by atoms with Crippen molar-refractivity contribution in [3.8, 4) is 0 Å². The molecule has 0 aliphatic carbocycles. The maximum Gasteiger partial charge on any atom is 0.354 e. The van der Waals surface area contributed by atoms with E-state index in [9.17, 15) is 18.0 Å². The Morgan fingerprint density at radius 3 is 2.18 bits per heavy atom. The van der Waals surface area contributed by atoms with Gasteiger partial charge in [0.2, 0.25) is 10.0 Å². The predicted octanol–water partition coefficient (Wildman–Crippen LogP) is 1.81. The average molecular weight is 404 g/mol. The molecule has 0 spiro atoms. The Hall–Kier alpha value is -3.17. The summed E-state index contributed by atoms with van der Waals surface area (Å²) in [6.45, 7) is 0.164. The monoisotopic (exact) mass is 404 g/mol. The molecule has 2 rings (SSSR count). The summed E-state index contributed by atoms with van der Waals surface area (Å²) >= 11 is 0. The van der Waals surface area contributed by atoms with Crippen LogP contribution in [0.15, 0.2) is 71.3 Å². The minimum atomic E-state index is -3.71. The smallest absolute Gasteiger partial charge is 0.354 e. The molecular formula is C19H20N2O6S. The van der Waals surface area contributed by atoms with Crippen LogP contribution in [0.25, 0.3) is 0 Å². The molecule has 0 saturated carbocycles. The number of sulfonamides is 1. The van der Waals surface area contributed by atoms with E-state index < -0.39 is 22.0 Å². The Bertz CT molecular complexity index is 954. The van der Waals surface area contributed by atoms with E-state index in [0.717, 1.165) is 11.6 Å². The zero-order valence-electron chi connectivity index (χ0n) is 15.3. The zero-order valence-corrected chi connectivity index (χ0v) is 16.2. The lowest BCUT2D eigenvalue weighted by Crippen LogP contribution is -2.23. The summed E-state index contributed by atoms with van der Waals surface area (Å²) in [4.78, 5) is 23.2. The van der Waals surface area contributed by atoms with Crippen LogP contribution in [0.4, 0.5) is 5.69 Å². The fourth-order valence-electron chi connectivity index (χ4n) is 2.16. The van der Waals surface area contributed by atoms with Crippen molar-refractivity contribution >= 4 is 27.6 Å². The largest absolute Gasteiger partial charge is 0.466 e. The van der Waals surface area contributed by atoms with Gasteiger partial charge in [-0.1, -0.05) is 30.3 Å². The van der Waals surface area contributed by atoms with Crippen molar-refractivity contribution < 1.29 is 27.5 Å². The second-order valence-electron chi connectivity index (χ2n) is 5.53. The Kier molecular flexibility index (Phi) is 7.30. The van der Waals surface area contributed by atoms with Crippen LogP contribution in [0.1, 0.15) is 5.56 Å². The molecule has 0 saturated heterocycles. The van der Waals surface area contributed by atoms with Gasteiger partial charge in [-0.15, -0.1) is 0 Å². The van der Waals surface area contributed by atoms with Gasteiger partial charge >= 0.3 is 11.9 Å². The second-order valence-corrected chi connectivity index (χ2v) is 7.30. The standard InChI is InChI=1S/C19H20N2O6S/c1-26-18(22)12-17(19(23)27-2)21-15-8-10-16(11-9-15)28(24,25)20-13-14-6-4-3-5-7-14/h3-12,20-21H,13H2,1-2H3/b17-12+. The van der Waals surface area contributed by atoms with Gasteiger partial charge in [0.1, 0.15) is 5.70 Å². The van der Waals surface area contributed by atoms with E-state index in [-0.39, 0.29) is 17.1 Å². The summed E-state index contributed by atoms with van der Waals surface area (Å²) in [6, 6.07) is 14.8. The van der Waals surface area contributed by atoms with Crippen LogP contribution in [0, 0.1) is 0 Å². The molecule has 0 radical (unpaired) electrons. The highest BCUT2D eigenvalue weighted by molar-refractivity contribution is 7.89. The number of carbonyl (C=O) groups excluding carboxylic acids is 2. The minimum absolute atomic E-state index is 0.0607. The summed E-state index contributed by atoms with van der Waals surface area (Å²) in [5, 5.41) is 2.70. The lowest BCUT2D eigenvalue weighted by Gasteiger charge is -2.11. The normalized spacial score (nSPS) is 11.6. The molecule has 0 fully saturated rings. The van der Waals surface area contributed by atoms with Gasteiger partial charge in [0.25, 0.3) is 0 Å². The van der Waals surface area contributed by atoms with Gasteiger partial charge in [0.05, 0.1) is 25.2 Å². The van der Waals surface area contributed by atoms with E-state index in [0.29, 0.717) is 5.69 Å². The summed E-state index contributed by atoms with van der Waals surface area (Å²) in [5.74, 6) is -1.51. The molecule has 0 unspecified atom stereocenters. The number of anilines is 1. The third kappa shape index (κ3) is 5.93. The molecule has 0 aromatic heterocycles. The maximum atomic E-state index is 12.4. The Morgan fingerprint density at radius 1 is 0.964 bits per heavy atom. The number of benzene rings is 2. The van der Waals surface area contributed by atoms with Crippen molar-refractivity contribution in [2.24, 2.45) is 0 Å². The number of rotatable bonds is 8. The fraction of sp³-hybridized carbons (Fsp3) is 0.158. The summed E-state index contributed by atoms with van der Waals surface area (Å²) in [5.41, 5.74) is 1.08. The van der Waals surface area contributed by atoms with Crippen molar-refractivity contribution in [3.05, 3.63) is 71.9 Å². The van der Waals surface area contributed by atoms with E-state index in [4.69, 9.17) is 0 Å². The minimum Gasteiger partial charge on any atom is -0.466 e. The first kappa shape index (κ1) is 21.1. The first-order chi connectivity index (χ1) is 13.4. The highest BCUT2D eigenvalue weighted by Gasteiger charge is 2.15. The van der Waals surface area contributed by atoms with Gasteiger partial charge in [0, 0.05) is 12.2 Å². The Labute approximate surface area is 163 Å². The van der Waals surface area contributed by atoms with Gasteiger partial charge < -0.3 is 14.8 Å². The first-order valence-electron chi connectivity index (χ1n) is 8.14. The molecule has 0 amide bonds. The van der Waals surface area contributed by atoms with Crippen molar-refractivity contribution in [2.75, 3.05) is 19.5 Å². The van der Waals surface area contributed by atoms with Crippen LogP contribution in [-0.2, 0) is 35.6 Å². The quantitative estimate of drug-likeness (QED) is 0.510. The molecule has 0 atom stereocenters. The lowest BCUT2D eigenvalue weighted by atomic mass is 10.2. The van der Waals surface area contributed by atoms with Crippen LogP contribution >= 0.6 is 0 Å². The molecule has 0 heterocycles. The first-order valence-corrected chi connectivity index (χ1v) is 9.62. The van der Waals surface area contributed by atoms with Crippen LogP contribution in [-0.4, -0.2) is 34.6 Å². The maximum absolute atomic E-state index is 12.4. The third-order valence-corrected chi connectivity index (χ3v) is 5.04. The summed E-state index contributed by atoms with van der Waals surface area (Å²) in [7, 11) is -1.36. The van der Waals surface area contributed by atoms with E-state index in [2.05, 4.69) is 19.5 Å². The molecule has 0 aliphatic heterocycles. The number of nitrogens with one attached hydrogen (secondary N) is 2. The van der Waals surface area contributed by atoms with E-state index in [1.54, 1.807) is 0 Å². The molecular weight excluding hydrogens is 384 g/mol. The second kappa shape index (κ2) is 9.67. The van der Waals surface area contributed by atoms with Crippen LogP contribution in [0.3, 0.4) is 0 Å². The van der Waals surface area contributed by atoms with Gasteiger partial charge in [-0.05, 0) is 29.8 Å². The molecule has 28 heavy (non-hydrogen) atoms. The Balaban J connectivity index is 2.11. The van der Waals surface area contributed by atoms with E-state index in [1.807, 2.05) is 30.3 Å². The van der Waals surface area contributed by atoms with E-state index >= 15 is 0 Å². The van der Waals surface area contributed by atoms with Crippen molar-refractivity contribution in [1.29, 1.82) is 0 Å². The number of ether oxygens (including phenoxy) is 2. The molecule has 148 valence electrons. The summed E-state index contributed by atoms with van der Waals surface area (Å²) < 4.78 is 36.4. The average Bonchev–Trinajstić information content (AvgIpc) is 2.72. The van der Waals surface area contributed by atoms with Gasteiger partial charge in [-0.25, -0.2) is 22.7 Å². The topological polar surface area (TPSA) is 111 Å². The molecule has 9 heteroatoms. The molecule has 8 nitrogen and oxygen atoms in total. The fourth-order valence-corrected chi connectivity index (χ4v) is 3.18. The van der Waals surface area contributed by atoms with Gasteiger partial charge in [-0.3, -0.25) is 0 Å². The molecule has 0 bridgehead atoms. The molecule has 2 aromatic carbocycles. The highest BCUT2D eigenvalue weighted by Crippen LogP contribution is 2.16. The predicted molar refractivity (Wildman–Crippen MR) is 103 cm³/mol. The molecule has 2 aromatic rings. The SMILES string of the molecule is COC(=O)/C=C(/Nc1ccc(S(=O)(=O)NCc2ccccc2)cc1)C(=O)OC. The third-order valence-electron chi connectivity index (χ3n) is 3.62. The van der Waals surface area contributed by atoms with Crippen LogP contribution < -0.4 is 10.0 Å². The number of hydrogen-bond acceptors (Lipinski definition) is 7. The number of methoxy groups -OCH3 is 2. The van der Waals surface area contributed by atoms with E-state index in [1.165, 1.54) is 38.5 Å². The number of hydrogen-bond donors (Lipinski definition) is 2. The Morgan fingerprint density at radius 2 is 1.61 bits per heavy atom. The number of carbonyl (C=O) groups is 2. The highest BCUT2D eigenvalue weighted by atomic mass is 32.2. The zero-order chi connectivity index (χ0) is 20.6. The van der Waals surface area contributed by atoms with Crippen molar-refractivity contribution in [3.63, 3.8) is 0 Å².